The van der Waals surface area contributed by atoms with Crippen molar-refractivity contribution in [1.82, 2.24) is 0 Å². The number of hydrogen-bond donors (Lipinski definition) is 1. The van der Waals surface area contributed by atoms with E-state index in [1.165, 1.54) is 12.1 Å². The van der Waals surface area contributed by atoms with Crippen molar-refractivity contribution in [3.05, 3.63) is 34.9 Å². The number of carboxylic acids is 1. The summed E-state index contributed by atoms with van der Waals surface area (Å²) in [7, 11) is 0. The second kappa shape index (κ2) is 3.42. The fraction of sp³-hybridized carbons (Fsp3) is 0.364. The molecule has 0 heterocycles. The molecule has 0 amide bonds. The zero-order chi connectivity index (χ0) is 12.0. The number of carboxylic acid groups (broad SMARTS) is 1. The van der Waals surface area contributed by atoms with Crippen LogP contribution in [0, 0.1) is 0 Å². The zero-order valence-corrected chi connectivity index (χ0v) is 8.97. The van der Waals surface area contributed by atoms with Crippen LogP contribution < -0.4 is 0 Å². The maximum atomic E-state index is 12.9. The molecular formula is C11H9ClF2O2. The number of carbonyl (C=O) groups is 1. The summed E-state index contributed by atoms with van der Waals surface area (Å²) >= 11 is 5.73. The van der Waals surface area contributed by atoms with Gasteiger partial charge < -0.3 is 5.11 Å². The Balaban J connectivity index is 2.40. The van der Waals surface area contributed by atoms with Crippen LogP contribution in [0.1, 0.15) is 18.4 Å². The SMILES string of the molecule is O=C(O)C1(c2cccc(Cl)c2)CC(F)(F)C1. The molecule has 0 spiro atoms. The molecule has 0 aliphatic heterocycles. The van der Waals surface area contributed by atoms with Gasteiger partial charge in [-0.25, -0.2) is 8.78 Å². The molecule has 86 valence electrons. The molecular weight excluding hydrogens is 238 g/mol. The summed E-state index contributed by atoms with van der Waals surface area (Å²) in [4.78, 5) is 11.1. The molecule has 1 N–H and O–H groups in total. The molecule has 0 aromatic heterocycles. The van der Waals surface area contributed by atoms with Gasteiger partial charge >= 0.3 is 5.97 Å². The number of rotatable bonds is 2. The van der Waals surface area contributed by atoms with Crippen molar-refractivity contribution in [3.8, 4) is 0 Å². The summed E-state index contributed by atoms with van der Waals surface area (Å²) in [5.41, 5.74) is -1.13. The lowest BCUT2D eigenvalue weighted by Crippen LogP contribution is -2.54. The first-order valence-corrected chi connectivity index (χ1v) is 5.11. The van der Waals surface area contributed by atoms with Crippen LogP contribution in [0.4, 0.5) is 8.78 Å². The van der Waals surface area contributed by atoms with Crippen LogP contribution in [0.25, 0.3) is 0 Å². The van der Waals surface area contributed by atoms with E-state index in [4.69, 9.17) is 16.7 Å². The van der Waals surface area contributed by atoms with Crippen molar-refractivity contribution in [1.29, 1.82) is 0 Å². The highest BCUT2D eigenvalue weighted by Gasteiger charge is 2.62. The molecule has 5 heteroatoms. The van der Waals surface area contributed by atoms with Crippen LogP contribution in [-0.4, -0.2) is 17.0 Å². The van der Waals surface area contributed by atoms with Gasteiger partial charge in [-0.2, -0.15) is 0 Å². The molecule has 0 radical (unpaired) electrons. The Labute approximate surface area is 95.8 Å². The van der Waals surface area contributed by atoms with E-state index in [0.717, 1.165) is 0 Å². The van der Waals surface area contributed by atoms with Gasteiger partial charge in [-0.1, -0.05) is 23.7 Å². The molecule has 16 heavy (non-hydrogen) atoms. The van der Waals surface area contributed by atoms with E-state index >= 15 is 0 Å². The maximum Gasteiger partial charge on any atom is 0.314 e. The van der Waals surface area contributed by atoms with E-state index < -0.39 is 30.1 Å². The molecule has 0 saturated heterocycles. The molecule has 1 aliphatic carbocycles. The number of aliphatic carboxylic acids is 1. The predicted octanol–water partition coefficient (Wildman–Crippen LogP) is 3.09. The molecule has 2 rings (SSSR count). The lowest BCUT2D eigenvalue weighted by Gasteiger charge is -2.44. The largest absolute Gasteiger partial charge is 0.481 e. The summed E-state index contributed by atoms with van der Waals surface area (Å²) in [5.74, 6) is -4.11. The average Bonchev–Trinajstić information content (AvgIpc) is 2.13. The van der Waals surface area contributed by atoms with E-state index in [-0.39, 0.29) is 0 Å². The van der Waals surface area contributed by atoms with Crippen LogP contribution in [0.5, 0.6) is 0 Å². The summed E-state index contributed by atoms with van der Waals surface area (Å²) in [5, 5.41) is 9.44. The van der Waals surface area contributed by atoms with Crippen LogP contribution in [0.3, 0.4) is 0 Å². The van der Waals surface area contributed by atoms with Gasteiger partial charge in [-0.05, 0) is 17.7 Å². The third-order valence-corrected chi connectivity index (χ3v) is 3.14. The molecule has 2 nitrogen and oxygen atoms in total. The Morgan fingerprint density at radius 3 is 2.44 bits per heavy atom. The summed E-state index contributed by atoms with van der Waals surface area (Å²) in [6.45, 7) is 0. The van der Waals surface area contributed by atoms with Crippen LogP contribution in [-0.2, 0) is 10.2 Å². The first-order chi connectivity index (χ1) is 7.36. The minimum atomic E-state index is -2.89. The molecule has 0 bridgehead atoms. The van der Waals surface area contributed by atoms with Gasteiger partial charge in [0, 0.05) is 17.9 Å². The Bertz CT molecular complexity index is 437. The van der Waals surface area contributed by atoms with Crippen LogP contribution in [0.2, 0.25) is 5.02 Å². The average molecular weight is 247 g/mol. The van der Waals surface area contributed by atoms with Crippen molar-refractivity contribution >= 4 is 17.6 Å². The first-order valence-electron chi connectivity index (χ1n) is 4.73. The topological polar surface area (TPSA) is 37.3 Å². The van der Waals surface area contributed by atoms with E-state index in [0.29, 0.717) is 10.6 Å². The Morgan fingerprint density at radius 1 is 1.38 bits per heavy atom. The minimum Gasteiger partial charge on any atom is -0.481 e. The number of alkyl halides is 2. The zero-order valence-electron chi connectivity index (χ0n) is 8.21. The number of benzene rings is 1. The summed E-state index contributed by atoms with van der Waals surface area (Å²) in [6, 6.07) is 6.11. The predicted molar refractivity (Wildman–Crippen MR) is 54.9 cm³/mol. The van der Waals surface area contributed by atoms with Crippen LogP contribution in [0.15, 0.2) is 24.3 Å². The Hall–Kier alpha value is -1.16. The summed E-state index contributed by atoms with van der Waals surface area (Å²) < 4.78 is 25.8. The van der Waals surface area contributed by atoms with Crippen molar-refractivity contribution in [2.45, 2.75) is 24.2 Å². The molecule has 1 aromatic rings. The second-order valence-electron chi connectivity index (χ2n) is 4.11. The third-order valence-electron chi connectivity index (χ3n) is 2.91. The molecule has 1 aromatic carbocycles. The second-order valence-corrected chi connectivity index (χ2v) is 4.54. The van der Waals surface area contributed by atoms with Gasteiger partial charge in [0.05, 0.1) is 0 Å². The lowest BCUT2D eigenvalue weighted by molar-refractivity contribution is -0.174. The fourth-order valence-electron chi connectivity index (χ4n) is 2.10. The first kappa shape index (κ1) is 11.3. The Morgan fingerprint density at radius 2 is 2.00 bits per heavy atom. The van der Waals surface area contributed by atoms with E-state index in [1.54, 1.807) is 12.1 Å². The van der Waals surface area contributed by atoms with E-state index in [2.05, 4.69) is 0 Å². The monoisotopic (exact) mass is 246 g/mol. The summed E-state index contributed by atoms with van der Waals surface area (Å²) in [6.07, 6.45) is -1.31. The third kappa shape index (κ3) is 1.67. The van der Waals surface area contributed by atoms with Crippen molar-refractivity contribution in [2.24, 2.45) is 0 Å². The fourth-order valence-corrected chi connectivity index (χ4v) is 2.29. The van der Waals surface area contributed by atoms with Gasteiger partial charge in [-0.15, -0.1) is 0 Å². The smallest absolute Gasteiger partial charge is 0.314 e. The standard InChI is InChI=1S/C11H9ClF2O2/c12-8-3-1-2-7(4-8)10(9(15)16)5-11(13,14)6-10/h1-4H,5-6H2,(H,15,16). The lowest BCUT2D eigenvalue weighted by atomic mass is 9.62. The molecule has 1 aliphatic rings. The highest BCUT2D eigenvalue weighted by Crippen LogP contribution is 2.53. The maximum absolute atomic E-state index is 12.9. The van der Waals surface area contributed by atoms with Crippen molar-refractivity contribution in [2.75, 3.05) is 0 Å². The highest BCUT2D eigenvalue weighted by molar-refractivity contribution is 6.30. The van der Waals surface area contributed by atoms with Gasteiger partial charge in [0.2, 0.25) is 0 Å². The van der Waals surface area contributed by atoms with E-state index in [1.807, 2.05) is 0 Å². The van der Waals surface area contributed by atoms with Gasteiger partial charge in [0.1, 0.15) is 5.41 Å². The molecule has 0 atom stereocenters. The van der Waals surface area contributed by atoms with Crippen LogP contribution >= 0.6 is 11.6 Å². The van der Waals surface area contributed by atoms with Crippen molar-refractivity contribution in [3.63, 3.8) is 0 Å². The normalized spacial score (nSPS) is 21.2. The number of halogens is 3. The quantitative estimate of drug-likeness (QED) is 0.871. The number of hydrogen-bond acceptors (Lipinski definition) is 1. The minimum absolute atomic E-state index is 0.346. The van der Waals surface area contributed by atoms with E-state index in [9.17, 15) is 13.6 Å². The van der Waals surface area contributed by atoms with Crippen molar-refractivity contribution < 1.29 is 18.7 Å². The Kier molecular flexibility index (Phi) is 2.42. The molecule has 1 saturated carbocycles. The van der Waals surface area contributed by atoms with Gasteiger partial charge in [0.15, 0.2) is 0 Å². The van der Waals surface area contributed by atoms with Gasteiger partial charge in [0.25, 0.3) is 5.92 Å². The van der Waals surface area contributed by atoms with Gasteiger partial charge in [-0.3, -0.25) is 4.79 Å². The highest BCUT2D eigenvalue weighted by atomic mass is 35.5. The molecule has 0 unspecified atom stereocenters. The molecule has 1 fully saturated rings.